The minimum absolute atomic E-state index is 0.207. The average Bonchev–Trinajstić information content (AvgIpc) is 2.92. The van der Waals surface area contributed by atoms with Gasteiger partial charge in [-0.1, -0.05) is 103 Å². The topological polar surface area (TPSA) is 26.0 Å². The van der Waals surface area contributed by atoms with Crippen LogP contribution in [0.2, 0.25) is 0 Å². The Morgan fingerprint density at radius 3 is 0.886 bits per heavy atom. The first-order chi connectivity index (χ1) is 17.3. The van der Waals surface area contributed by atoms with Crippen LogP contribution in [0.4, 0.5) is 5.69 Å². The van der Waals surface area contributed by atoms with Gasteiger partial charge in [0, 0.05) is 29.4 Å². The van der Waals surface area contributed by atoms with E-state index >= 15 is 0 Å². The van der Waals surface area contributed by atoms with Crippen LogP contribution in [0.1, 0.15) is 90.4 Å². The summed E-state index contributed by atoms with van der Waals surface area (Å²) in [5.41, 5.74) is 25.4. The molecule has 0 amide bonds. The highest BCUT2D eigenvalue weighted by Crippen LogP contribution is 2.63. The van der Waals surface area contributed by atoms with Gasteiger partial charge in [-0.2, -0.15) is 0 Å². The highest BCUT2D eigenvalue weighted by atomic mass is 14.6. The molecule has 0 spiro atoms. The lowest BCUT2D eigenvalue weighted by Crippen LogP contribution is -2.33. The van der Waals surface area contributed by atoms with Gasteiger partial charge in [-0.25, -0.2) is 0 Å². The van der Waals surface area contributed by atoms with Crippen molar-refractivity contribution in [1.82, 2.24) is 0 Å². The van der Waals surface area contributed by atoms with Crippen molar-refractivity contribution < 1.29 is 0 Å². The van der Waals surface area contributed by atoms with Crippen molar-refractivity contribution in [2.75, 3.05) is 5.73 Å². The van der Waals surface area contributed by atoms with E-state index in [9.17, 15) is 0 Å². The van der Waals surface area contributed by atoms with Gasteiger partial charge < -0.3 is 5.73 Å². The number of anilines is 1. The van der Waals surface area contributed by atoms with Gasteiger partial charge in [0.2, 0.25) is 0 Å². The predicted molar refractivity (Wildman–Crippen MR) is 140 cm³/mol. The molecule has 0 saturated heterocycles. The summed E-state index contributed by atoms with van der Waals surface area (Å²) in [5.74, 6) is 0.916. The molecule has 5 aromatic carbocycles. The van der Waals surface area contributed by atoms with Crippen LogP contribution in [-0.4, -0.2) is 0 Å². The zero-order chi connectivity index (χ0) is 22.8. The molecule has 164 valence electrons. The Labute approximate surface area is 204 Å². The first-order valence-electron chi connectivity index (χ1n) is 12.6. The molecule has 0 aromatic heterocycles. The molecule has 35 heavy (non-hydrogen) atoms. The first-order valence-corrected chi connectivity index (χ1v) is 12.6. The summed E-state index contributed by atoms with van der Waals surface area (Å²) in [7, 11) is 0. The first kappa shape index (κ1) is 18.3. The minimum Gasteiger partial charge on any atom is -0.398 e. The lowest BCUT2D eigenvalue weighted by Gasteiger charge is -2.47. The average molecular weight is 446 g/mol. The molecule has 0 heterocycles. The Bertz CT molecular complexity index is 1520. The van der Waals surface area contributed by atoms with Gasteiger partial charge >= 0.3 is 0 Å². The summed E-state index contributed by atoms with van der Waals surface area (Å²) in [6.07, 6.45) is 0. The molecule has 0 aliphatic heterocycles. The van der Waals surface area contributed by atoms with Crippen LogP contribution < -0.4 is 5.73 Å². The van der Waals surface area contributed by atoms with Gasteiger partial charge in [-0.05, 0) is 66.8 Å². The summed E-state index contributed by atoms with van der Waals surface area (Å²) in [6, 6.07) is 38.7. The van der Waals surface area contributed by atoms with Crippen LogP contribution in [0, 0.1) is 0 Å². The lowest BCUT2D eigenvalue weighted by atomic mass is 9.56. The maximum absolute atomic E-state index is 7.33. The predicted octanol–water partition coefficient (Wildman–Crippen LogP) is 7.24. The van der Waals surface area contributed by atoms with E-state index in [2.05, 4.69) is 103 Å². The molecule has 0 unspecified atom stereocenters. The van der Waals surface area contributed by atoms with Crippen LogP contribution >= 0.6 is 0 Å². The third-order valence-corrected chi connectivity index (χ3v) is 9.18. The Morgan fingerprint density at radius 2 is 0.600 bits per heavy atom. The molecule has 11 rings (SSSR count). The monoisotopic (exact) mass is 445 g/mol. The van der Waals surface area contributed by atoms with Gasteiger partial charge in [0.15, 0.2) is 0 Å². The molecule has 2 N–H and O–H groups in total. The maximum atomic E-state index is 7.33. The Balaban J connectivity index is 1.40. The molecule has 0 atom stereocenters. The van der Waals surface area contributed by atoms with E-state index < -0.39 is 0 Å². The van der Waals surface area contributed by atoms with Gasteiger partial charge in [-0.3, -0.25) is 0 Å². The van der Waals surface area contributed by atoms with E-state index in [4.69, 9.17) is 5.73 Å². The summed E-state index contributed by atoms with van der Waals surface area (Å²) in [4.78, 5) is 0. The van der Waals surface area contributed by atoms with Crippen molar-refractivity contribution in [2.45, 2.75) is 23.7 Å². The lowest BCUT2D eigenvalue weighted by molar-refractivity contribution is 0.720. The molecule has 6 aliphatic rings. The SMILES string of the molecule is Nc1c2c(cc3c1C1c4ccccc4C3c3ccccc31)C1c3ccccc3C2c2ccccc21. The van der Waals surface area contributed by atoms with Crippen molar-refractivity contribution in [3.05, 3.63) is 170 Å². The van der Waals surface area contributed by atoms with Gasteiger partial charge in [0.25, 0.3) is 0 Å². The fraction of sp³-hybridized carbons (Fsp3) is 0.118. The van der Waals surface area contributed by atoms with Crippen LogP contribution in [0.25, 0.3) is 0 Å². The zero-order valence-electron chi connectivity index (χ0n) is 19.2. The largest absolute Gasteiger partial charge is 0.398 e. The molecule has 1 heteroatoms. The normalized spacial score (nSPS) is 23.0. The van der Waals surface area contributed by atoms with E-state index in [1.807, 2.05) is 0 Å². The zero-order valence-corrected chi connectivity index (χ0v) is 19.2. The van der Waals surface area contributed by atoms with Crippen molar-refractivity contribution in [3.63, 3.8) is 0 Å². The van der Waals surface area contributed by atoms with Gasteiger partial charge in [0.1, 0.15) is 0 Å². The van der Waals surface area contributed by atoms with E-state index in [1.165, 1.54) is 66.8 Å². The van der Waals surface area contributed by atoms with Crippen LogP contribution in [0.5, 0.6) is 0 Å². The minimum atomic E-state index is 0.207. The fourth-order valence-electron chi connectivity index (χ4n) is 8.01. The van der Waals surface area contributed by atoms with E-state index in [-0.39, 0.29) is 23.7 Å². The van der Waals surface area contributed by atoms with Crippen LogP contribution in [0.15, 0.2) is 103 Å². The Morgan fingerprint density at radius 1 is 0.343 bits per heavy atom. The molecular weight excluding hydrogens is 422 g/mol. The summed E-state index contributed by atoms with van der Waals surface area (Å²) >= 11 is 0. The standard InChI is InChI=1S/C34H23N/c35-34-32-26(28-18-9-1-5-13-22(18)30(32)23-14-6-2-10-19(23)28)17-27-29-20-11-3-7-15-24(20)31(33(27)34)25-16-8-4-12-21(25)29/h1-17,28-31H,35H2. The van der Waals surface area contributed by atoms with E-state index in [0.29, 0.717) is 0 Å². The second-order valence-corrected chi connectivity index (χ2v) is 10.5. The van der Waals surface area contributed by atoms with Crippen LogP contribution in [-0.2, 0) is 0 Å². The highest BCUT2D eigenvalue weighted by molar-refractivity contribution is 5.81. The number of benzene rings is 5. The number of rotatable bonds is 0. The Kier molecular flexibility index (Phi) is 3.19. The second kappa shape index (κ2) is 6.12. The molecule has 0 radical (unpaired) electrons. The van der Waals surface area contributed by atoms with Crippen molar-refractivity contribution in [1.29, 1.82) is 0 Å². The highest BCUT2D eigenvalue weighted by Gasteiger charge is 2.48. The van der Waals surface area contributed by atoms with Crippen molar-refractivity contribution in [2.24, 2.45) is 0 Å². The molecule has 0 fully saturated rings. The van der Waals surface area contributed by atoms with Crippen molar-refractivity contribution >= 4 is 5.69 Å². The molecule has 4 bridgehead atoms. The van der Waals surface area contributed by atoms with Crippen molar-refractivity contribution in [3.8, 4) is 0 Å². The van der Waals surface area contributed by atoms with Crippen LogP contribution in [0.3, 0.4) is 0 Å². The van der Waals surface area contributed by atoms with E-state index in [0.717, 1.165) is 5.69 Å². The summed E-state index contributed by atoms with van der Waals surface area (Å²) < 4.78 is 0. The maximum Gasteiger partial charge on any atom is 0.0404 e. The number of hydrogen-bond acceptors (Lipinski definition) is 1. The quantitative estimate of drug-likeness (QED) is 0.245. The number of nitrogens with two attached hydrogens (primary N) is 1. The molecule has 1 nitrogen and oxygen atoms in total. The van der Waals surface area contributed by atoms with Gasteiger partial charge in [0.05, 0.1) is 0 Å². The van der Waals surface area contributed by atoms with E-state index in [1.54, 1.807) is 0 Å². The third-order valence-electron chi connectivity index (χ3n) is 9.18. The molecular formula is C34H23N. The number of hydrogen-bond donors (Lipinski definition) is 1. The summed E-state index contributed by atoms with van der Waals surface area (Å²) in [5, 5.41) is 0. The molecule has 6 aliphatic carbocycles. The second-order valence-electron chi connectivity index (χ2n) is 10.5. The Hall–Kier alpha value is -4.10. The fourth-order valence-corrected chi connectivity index (χ4v) is 8.01. The third kappa shape index (κ3) is 2.00. The molecule has 5 aromatic rings. The smallest absolute Gasteiger partial charge is 0.0404 e. The van der Waals surface area contributed by atoms with Gasteiger partial charge in [-0.15, -0.1) is 0 Å². The summed E-state index contributed by atoms with van der Waals surface area (Å²) in [6.45, 7) is 0. The molecule has 0 saturated carbocycles. The number of nitrogen functional groups attached to an aromatic ring is 1.